The quantitative estimate of drug-likeness (QED) is 0.834. The van der Waals surface area contributed by atoms with Gasteiger partial charge in [-0.3, -0.25) is 4.79 Å². The van der Waals surface area contributed by atoms with Gasteiger partial charge in [-0.15, -0.1) is 0 Å². The van der Waals surface area contributed by atoms with Crippen molar-refractivity contribution < 1.29 is 9.18 Å². The SMILES string of the molecule is Cc1ccc(C(=O)Nc2ccc(Br)c(F)c2)c(Cl)c1. The lowest BCUT2D eigenvalue weighted by atomic mass is 10.1. The molecule has 0 fully saturated rings. The number of aryl methyl sites for hydroxylation is 1. The van der Waals surface area contributed by atoms with Crippen LogP contribution < -0.4 is 5.32 Å². The van der Waals surface area contributed by atoms with Crippen LogP contribution >= 0.6 is 27.5 Å². The Bertz CT molecular complexity index is 645. The van der Waals surface area contributed by atoms with Crippen molar-refractivity contribution in [3.05, 3.63) is 62.8 Å². The highest BCUT2D eigenvalue weighted by Gasteiger charge is 2.11. The number of hydrogen-bond donors (Lipinski definition) is 1. The zero-order valence-electron chi connectivity index (χ0n) is 10.0. The van der Waals surface area contributed by atoms with Gasteiger partial charge in [0.2, 0.25) is 0 Å². The Balaban J connectivity index is 2.23. The minimum Gasteiger partial charge on any atom is -0.322 e. The predicted octanol–water partition coefficient (Wildman–Crippen LogP) is 4.80. The van der Waals surface area contributed by atoms with Gasteiger partial charge in [0.05, 0.1) is 15.1 Å². The van der Waals surface area contributed by atoms with Crippen molar-refractivity contribution in [2.75, 3.05) is 5.32 Å². The number of carbonyl (C=O) groups excluding carboxylic acids is 1. The summed E-state index contributed by atoms with van der Waals surface area (Å²) in [7, 11) is 0. The summed E-state index contributed by atoms with van der Waals surface area (Å²) in [5.41, 5.74) is 1.70. The predicted molar refractivity (Wildman–Crippen MR) is 78.2 cm³/mol. The average molecular weight is 343 g/mol. The van der Waals surface area contributed by atoms with Crippen molar-refractivity contribution in [1.29, 1.82) is 0 Å². The topological polar surface area (TPSA) is 29.1 Å². The summed E-state index contributed by atoms with van der Waals surface area (Å²) >= 11 is 9.06. The molecule has 0 saturated carbocycles. The van der Waals surface area contributed by atoms with Crippen LogP contribution in [0.2, 0.25) is 5.02 Å². The minimum absolute atomic E-state index is 0.346. The first-order valence-electron chi connectivity index (χ1n) is 5.50. The van der Waals surface area contributed by atoms with E-state index in [1.54, 1.807) is 24.3 Å². The van der Waals surface area contributed by atoms with Crippen molar-refractivity contribution in [2.45, 2.75) is 6.92 Å². The van der Waals surface area contributed by atoms with E-state index in [4.69, 9.17) is 11.6 Å². The fraction of sp³-hybridized carbons (Fsp3) is 0.0714. The van der Waals surface area contributed by atoms with Crippen LogP contribution in [0.15, 0.2) is 40.9 Å². The number of amides is 1. The monoisotopic (exact) mass is 341 g/mol. The average Bonchev–Trinajstić information content (AvgIpc) is 2.33. The van der Waals surface area contributed by atoms with Crippen molar-refractivity contribution in [3.63, 3.8) is 0 Å². The summed E-state index contributed by atoms with van der Waals surface area (Å²) in [6, 6.07) is 9.52. The van der Waals surface area contributed by atoms with Gasteiger partial charge in [-0.1, -0.05) is 17.7 Å². The van der Waals surface area contributed by atoms with Gasteiger partial charge < -0.3 is 5.32 Å². The van der Waals surface area contributed by atoms with Crippen molar-refractivity contribution in [2.24, 2.45) is 0 Å². The Hall–Kier alpha value is -1.39. The van der Waals surface area contributed by atoms with E-state index in [0.717, 1.165) is 5.56 Å². The summed E-state index contributed by atoms with van der Waals surface area (Å²) in [4.78, 5) is 12.0. The molecule has 2 nitrogen and oxygen atoms in total. The number of anilines is 1. The molecule has 0 aliphatic rings. The molecule has 2 rings (SSSR count). The number of carbonyl (C=O) groups is 1. The Morgan fingerprint density at radius 2 is 2.00 bits per heavy atom. The second kappa shape index (κ2) is 5.72. The molecule has 5 heteroatoms. The Morgan fingerprint density at radius 1 is 1.26 bits per heavy atom. The van der Waals surface area contributed by atoms with Gasteiger partial charge in [0.25, 0.3) is 5.91 Å². The van der Waals surface area contributed by atoms with E-state index in [9.17, 15) is 9.18 Å². The maximum absolute atomic E-state index is 13.3. The first-order valence-corrected chi connectivity index (χ1v) is 6.67. The summed E-state index contributed by atoms with van der Waals surface area (Å²) in [5, 5.41) is 2.97. The van der Waals surface area contributed by atoms with Crippen LogP contribution in [0, 0.1) is 12.7 Å². The Labute approximate surface area is 123 Å². The van der Waals surface area contributed by atoms with Gasteiger partial charge in [0, 0.05) is 5.69 Å². The summed E-state index contributed by atoms with van der Waals surface area (Å²) < 4.78 is 13.7. The molecule has 0 radical (unpaired) electrons. The van der Waals surface area contributed by atoms with Gasteiger partial charge in [0.15, 0.2) is 0 Å². The van der Waals surface area contributed by atoms with E-state index in [1.165, 1.54) is 12.1 Å². The van der Waals surface area contributed by atoms with Crippen molar-refractivity contribution in [3.8, 4) is 0 Å². The molecule has 1 amide bonds. The minimum atomic E-state index is -0.437. The molecule has 0 aromatic heterocycles. The van der Waals surface area contributed by atoms with E-state index in [-0.39, 0.29) is 5.91 Å². The molecule has 2 aromatic rings. The zero-order valence-corrected chi connectivity index (χ0v) is 12.3. The molecule has 0 saturated heterocycles. The second-order valence-electron chi connectivity index (χ2n) is 4.07. The van der Waals surface area contributed by atoms with Crippen LogP contribution in [0.4, 0.5) is 10.1 Å². The van der Waals surface area contributed by atoms with Crippen molar-refractivity contribution >= 4 is 39.1 Å². The highest BCUT2D eigenvalue weighted by atomic mass is 79.9. The number of rotatable bonds is 2. The highest BCUT2D eigenvalue weighted by molar-refractivity contribution is 9.10. The van der Waals surface area contributed by atoms with Gasteiger partial charge >= 0.3 is 0 Å². The molecule has 1 N–H and O–H groups in total. The lowest BCUT2D eigenvalue weighted by Gasteiger charge is -2.08. The van der Waals surface area contributed by atoms with Crippen molar-refractivity contribution in [1.82, 2.24) is 0 Å². The van der Waals surface area contributed by atoms with Gasteiger partial charge in [-0.05, 0) is 58.7 Å². The smallest absolute Gasteiger partial charge is 0.257 e. The molecule has 0 atom stereocenters. The number of halogens is 3. The van der Waals surface area contributed by atoms with Gasteiger partial charge in [0.1, 0.15) is 5.82 Å². The standard InChI is InChI=1S/C14H10BrClFNO/c1-8-2-4-10(12(16)6-8)14(19)18-9-3-5-11(15)13(17)7-9/h2-7H,1H3,(H,18,19). The summed E-state index contributed by atoms with van der Waals surface area (Å²) in [5.74, 6) is -0.806. The molecular formula is C14H10BrClFNO. The van der Waals surface area contributed by atoms with E-state index < -0.39 is 5.82 Å². The maximum atomic E-state index is 13.3. The van der Waals surface area contributed by atoms with E-state index in [1.807, 2.05) is 6.92 Å². The molecule has 0 spiro atoms. The van der Waals surface area contributed by atoms with Gasteiger partial charge in [-0.2, -0.15) is 0 Å². The van der Waals surface area contributed by atoms with E-state index in [2.05, 4.69) is 21.2 Å². The Kier molecular flexibility index (Phi) is 4.22. The molecule has 0 unspecified atom stereocenters. The number of benzene rings is 2. The van der Waals surface area contributed by atoms with Crippen LogP contribution in [0.1, 0.15) is 15.9 Å². The fourth-order valence-electron chi connectivity index (χ4n) is 1.58. The van der Waals surface area contributed by atoms with Crippen LogP contribution in [-0.2, 0) is 0 Å². The summed E-state index contributed by atoms with van der Waals surface area (Å²) in [6.45, 7) is 1.89. The molecule has 0 aliphatic heterocycles. The molecule has 98 valence electrons. The van der Waals surface area contributed by atoms with Crippen LogP contribution in [0.5, 0.6) is 0 Å². The lowest BCUT2D eigenvalue weighted by molar-refractivity contribution is 0.102. The third kappa shape index (κ3) is 3.33. The highest BCUT2D eigenvalue weighted by Crippen LogP contribution is 2.22. The molecular weight excluding hydrogens is 333 g/mol. The Morgan fingerprint density at radius 3 is 2.63 bits per heavy atom. The van der Waals surface area contributed by atoms with Crippen LogP contribution in [0.3, 0.4) is 0 Å². The maximum Gasteiger partial charge on any atom is 0.257 e. The largest absolute Gasteiger partial charge is 0.322 e. The molecule has 2 aromatic carbocycles. The molecule has 19 heavy (non-hydrogen) atoms. The third-order valence-electron chi connectivity index (χ3n) is 2.55. The van der Waals surface area contributed by atoms with Gasteiger partial charge in [-0.25, -0.2) is 4.39 Å². The lowest BCUT2D eigenvalue weighted by Crippen LogP contribution is -2.12. The zero-order chi connectivity index (χ0) is 14.0. The van der Waals surface area contributed by atoms with Crippen LogP contribution in [0.25, 0.3) is 0 Å². The van der Waals surface area contributed by atoms with E-state index >= 15 is 0 Å². The summed E-state index contributed by atoms with van der Waals surface area (Å²) in [6.07, 6.45) is 0. The fourth-order valence-corrected chi connectivity index (χ4v) is 2.14. The number of nitrogens with one attached hydrogen (secondary N) is 1. The first-order chi connectivity index (χ1) is 8.97. The number of hydrogen-bond acceptors (Lipinski definition) is 1. The molecule has 0 heterocycles. The van der Waals surface area contributed by atoms with E-state index in [0.29, 0.717) is 20.7 Å². The third-order valence-corrected chi connectivity index (χ3v) is 3.50. The normalized spacial score (nSPS) is 10.3. The molecule has 0 bridgehead atoms. The van der Waals surface area contributed by atoms with Crippen LogP contribution in [-0.4, -0.2) is 5.91 Å². The first kappa shape index (κ1) is 14.0. The molecule has 0 aliphatic carbocycles. The second-order valence-corrected chi connectivity index (χ2v) is 5.33.